The molecule has 2 aromatic heterocycles. The summed E-state index contributed by atoms with van der Waals surface area (Å²) in [7, 11) is 1.63. The topological polar surface area (TPSA) is 89.7 Å². The molecule has 2 aromatic carbocycles. The molecule has 0 unspecified atom stereocenters. The van der Waals surface area contributed by atoms with Gasteiger partial charge in [-0.3, -0.25) is 4.90 Å². The predicted octanol–water partition coefficient (Wildman–Crippen LogP) is 5.67. The lowest BCUT2D eigenvalue weighted by Crippen LogP contribution is -2.33. The summed E-state index contributed by atoms with van der Waals surface area (Å²) >= 11 is 5.70. The summed E-state index contributed by atoms with van der Waals surface area (Å²) in [6, 6.07) is 12.5. The number of rotatable bonds is 10. The van der Waals surface area contributed by atoms with Gasteiger partial charge < -0.3 is 19.1 Å². The molecule has 3 heterocycles. The van der Waals surface area contributed by atoms with Crippen molar-refractivity contribution in [3.8, 4) is 5.88 Å². The maximum atomic E-state index is 14.1. The van der Waals surface area contributed by atoms with Gasteiger partial charge in [0.2, 0.25) is 5.88 Å². The number of carboxylic acid groups (broad SMARTS) is 1. The first-order valence-electron chi connectivity index (χ1n) is 13.0. The van der Waals surface area contributed by atoms with Crippen molar-refractivity contribution in [3.63, 3.8) is 0 Å². The summed E-state index contributed by atoms with van der Waals surface area (Å²) in [6.45, 7) is 3.05. The zero-order valence-electron chi connectivity index (χ0n) is 21.9. The van der Waals surface area contributed by atoms with Crippen LogP contribution in [0.25, 0.3) is 11.0 Å². The average molecular weight is 571 g/mol. The lowest BCUT2D eigenvalue weighted by atomic mass is 9.93. The van der Waals surface area contributed by atoms with E-state index in [0.29, 0.717) is 25.6 Å². The fourth-order valence-corrected chi connectivity index (χ4v) is 5.23. The molecule has 5 rings (SSSR count). The molecule has 0 spiro atoms. The molecule has 1 aliphatic rings. The van der Waals surface area contributed by atoms with Crippen LogP contribution < -0.4 is 4.74 Å². The van der Waals surface area contributed by atoms with E-state index in [1.54, 1.807) is 31.4 Å². The molecule has 0 atom stereocenters. The number of nitrogens with zero attached hydrogens (tertiary/aromatic N) is 4. The fourth-order valence-electron chi connectivity index (χ4n) is 5.04. The number of aromatic nitrogens is 3. The number of halogens is 3. The molecule has 0 bridgehead atoms. The number of carbonyl (C=O) groups is 1. The third kappa shape index (κ3) is 6.24. The van der Waals surface area contributed by atoms with Crippen LogP contribution in [0.15, 0.2) is 48.5 Å². The zero-order valence-corrected chi connectivity index (χ0v) is 22.7. The zero-order chi connectivity index (χ0) is 28.2. The number of likely N-dealkylation sites (tertiary alicyclic amines) is 1. The molecule has 0 radical (unpaired) electrons. The highest BCUT2D eigenvalue weighted by molar-refractivity contribution is 6.30. The molecule has 11 heteroatoms. The Bertz CT molecular complexity index is 1500. The number of aromatic carboxylic acids is 1. The summed E-state index contributed by atoms with van der Waals surface area (Å²) in [6.07, 6.45) is 1.75. The van der Waals surface area contributed by atoms with Crippen LogP contribution >= 0.6 is 11.6 Å². The monoisotopic (exact) mass is 570 g/mol. The quantitative estimate of drug-likeness (QED) is 0.263. The molecular formula is C29H29ClF2N4O4. The van der Waals surface area contributed by atoms with Gasteiger partial charge in [-0.05, 0) is 62.3 Å². The summed E-state index contributed by atoms with van der Waals surface area (Å²) in [4.78, 5) is 23.2. The van der Waals surface area contributed by atoms with Crippen molar-refractivity contribution in [2.24, 2.45) is 0 Å². The Morgan fingerprint density at radius 1 is 1.10 bits per heavy atom. The van der Waals surface area contributed by atoms with E-state index in [1.165, 1.54) is 0 Å². The highest BCUT2D eigenvalue weighted by atomic mass is 35.5. The highest BCUT2D eigenvalue weighted by Gasteiger charge is 2.24. The smallest absolute Gasteiger partial charge is 0.335 e. The number of hydrogen-bond donors (Lipinski definition) is 1. The summed E-state index contributed by atoms with van der Waals surface area (Å²) in [5.74, 6) is -1.10. The second-order valence-electron chi connectivity index (χ2n) is 9.77. The minimum absolute atomic E-state index is 0.00948. The van der Waals surface area contributed by atoms with E-state index < -0.39 is 17.6 Å². The van der Waals surface area contributed by atoms with Crippen LogP contribution in [0.3, 0.4) is 0 Å². The normalized spacial score (nSPS) is 14.6. The lowest BCUT2D eigenvalue weighted by molar-refractivity contribution is 0.0697. The van der Waals surface area contributed by atoms with E-state index in [-0.39, 0.29) is 28.7 Å². The maximum absolute atomic E-state index is 14.1. The maximum Gasteiger partial charge on any atom is 0.335 e. The summed E-state index contributed by atoms with van der Waals surface area (Å²) in [5.41, 5.74) is 2.44. The number of imidazole rings is 1. The first kappa shape index (κ1) is 27.9. The molecule has 1 aliphatic heterocycles. The molecule has 40 heavy (non-hydrogen) atoms. The number of benzene rings is 2. The van der Waals surface area contributed by atoms with Gasteiger partial charge in [-0.25, -0.2) is 23.5 Å². The van der Waals surface area contributed by atoms with Gasteiger partial charge in [-0.1, -0.05) is 17.7 Å². The Kier molecular flexibility index (Phi) is 8.58. The molecular weight excluding hydrogens is 542 g/mol. The summed E-state index contributed by atoms with van der Waals surface area (Å²) < 4.78 is 41.1. The third-order valence-electron chi connectivity index (χ3n) is 7.18. The fraction of sp³-hybridized carbons (Fsp3) is 0.345. The lowest BCUT2D eigenvalue weighted by Gasteiger charge is -2.31. The number of carboxylic acids is 1. The number of methoxy groups -OCH3 is 1. The SMILES string of the molecule is COCCn1c(CN2CCC(c3cccc(OCc4c(F)cc(Cl)cc4F)n3)CC2)nc2ccc(C(=O)O)cc21. The molecule has 210 valence electrons. The van der Waals surface area contributed by atoms with Crippen LogP contribution in [0.2, 0.25) is 5.02 Å². The largest absolute Gasteiger partial charge is 0.478 e. The van der Waals surface area contributed by atoms with Crippen molar-refractivity contribution < 1.29 is 28.2 Å². The number of hydrogen-bond acceptors (Lipinski definition) is 6. The van der Waals surface area contributed by atoms with Crippen LogP contribution in [0.5, 0.6) is 5.88 Å². The first-order valence-corrected chi connectivity index (χ1v) is 13.4. The van der Waals surface area contributed by atoms with Crippen LogP contribution in [0.4, 0.5) is 8.78 Å². The minimum Gasteiger partial charge on any atom is -0.478 e. The van der Waals surface area contributed by atoms with Gasteiger partial charge in [-0.2, -0.15) is 0 Å². The Labute approximate surface area is 235 Å². The molecule has 1 N–H and O–H groups in total. The van der Waals surface area contributed by atoms with Crippen LogP contribution in [0, 0.1) is 11.6 Å². The van der Waals surface area contributed by atoms with Gasteiger partial charge in [-0.15, -0.1) is 0 Å². The second-order valence-corrected chi connectivity index (χ2v) is 10.2. The minimum atomic E-state index is -0.975. The number of ether oxygens (including phenoxy) is 2. The predicted molar refractivity (Wildman–Crippen MR) is 146 cm³/mol. The Hall–Kier alpha value is -3.60. The standard InChI is InChI=1S/C29H29ClF2N4O4/c1-39-12-11-36-26-13-19(29(37)38)5-6-25(26)33-27(36)16-35-9-7-18(8-10-35)24-3-2-4-28(34-24)40-17-21-22(31)14-20(30)15-23(21)32/h2-6,13-15,18H,7-12,16-17H2,1H3,(H,37,38). The van der Waals surface area contributed by atoms with Crippen LogP contribution in [-0.4, -0.2) is 57.3 Å². The highest BCUT2D eigenvalue weighted by Crippen LogP contribution is 2.30. The van der Waals surface area contributed by atoms with E-state index in [0.717, 1.165) is 60.6 Å². The number of pyridine rings is 1. The molecule has 0 aliphatic carbocycles. The van der Waals surface area contributed by atoms with Crippen molar-refractivity contribution in [1.29, 1.82) is 0 Å². The molecule has 0 saturated carbocycles. The Balaban J connectivity index is 1.23. The molecule has 8 nitrogen and oxygen atoms in total. The average Bonchev–Trinajstić information content (AvgIpc) is 3.27. The van der Waals surface area contributed by atoms with Crippen LogP contribution in [-0.2, 0) is 24.4 Å². The molecule has 1 fully saturated rings. The second kappa shape index (κ2) is 12.3. The van der Waals surface area contributed by atoms with E-state index >= 15 is 0 Å². The van der Waals surface area contributed by atoms with E-state index in [9.17, 15) is 18.7 Å². The van der Waals surface area contributed by atoms with Crippen molar-refractivity contribution in [3.05, 3.63) is 87.8 Å². The van der Waals surface area contributed by atoms with Gasteiger partial charge in [0.1, 0.15) is 24.1 Å². The van der Waals surface area contributed by atoms with E-state index in [1.807, 2.05) is 16.7 Å². The summed E-state index contributed by atoms with van der Waals surface area (Å²) in [5, 5.41) is 9.41. The van der Waals surface area contributed by atoms with Crippen molar-refractivity contribution in [1.82, 2.24) is 19.4 Å². The van der Waals surface area contributed by atoms with Gasteiger partial charge in [0.15, 0.2) is 0 Å². The van der Waals surface area contributed by atoms with Gasteiger partial charge in [0.25, 0.3) is 0 Å². The first-order chi connectivity index (χ1) is 19.3. The van der Waals surface area contributed by atoms with Gasteiger partial charge in [0, 0.05) is 36.4 Å². The number of piperidine rings is 1. The van der Waals surface area contributed by atoms with Gasteiger partial charge in [0.05, 0.1) is 35.3 Å². The molecule has 1 saturated heterocycles. The van der Waals surface area contributed by atoms with Crippen molar-refractivity contribution in [2.45, 2.75) is 38.5 Å². The third-order valence-corrected chi connectivity index (χ3v) is 7.40. The van der Waals surface area contributed by atoms with E-state index in [2.05, 4.69) is 9.88 Å². The van der Waals surface area contributed by atoms with Crippen molar-refractivity contribution in [2.75, 3.05) is 26.8 Å². The van der Waals surface area contributed by atoms with Gasteiger partial charge >= 0.3 is 5.97 Å². The van der Waals surface area contributed by atoms with Crippen molar-refractivity contribution >= 4 is 28.6 Å². The Morgan fingerprint density at radius 3 is 2.55 bits per heavy atom. The Morgan fingerprint density at radius 2 is 1.85 bits per heavy atom. The molecule has 0 amide bonds. The molecule has 4 aromatic rings. The number of fused-ring (bicyclic) bond motifs is 1. The van der Waals surface area contributed by atoms with Crippen LogP contribution in [0.1, 0.15) is 46.2 Å². The van der Waals surface area contributed by atoms with E-state index in [4.69, 9.17) is 26.1 Å².